The fourth-order valence-corrected chi connectivity index (χ4v) is 4.28. The van der Waals surface area contributed by atoms with E-state index in [0.29, 0.717) is 18.8 Å². The average Bonchev–Trinajstić information content (AvgIpc) is 2.52. The van der Waals surface area contributed by atoms with E-state index in [2.05, 4.69) is 0 Å². The Hall–Kier alpha value is -1.86. The number of nitrogens with zero attached hydrogens (tertiary/aromatic N) is 1. The molecule has 0 atom stereocenters. The molecule has 0 bridgehead atoms. The Kier molecular flexibility index (Phi) is 5.58. The van der Waals surface area contributed by atoms with E-state index in [1.165, 1.54) is 12.1 Å². The van der Waals surface area contributed by atoms with Crippen LogP contribution in [0, 0.1) is 6.92 Å². The first-order chi connectivity index (χ1) is 11.5. The van der Waals surface area contributed by atoms with Crippen LogP contribution >= 0.6 is 0 Å². The van der Waals surface area contributed by atoms with Gasteiger partial charge in [-0.1, -0.05) is 24.3 Å². The van der Waals surface area contributed by atoms with Crippen molar-refractivity contribution >= 4 is 25.4 Å². The number of aryl methyl sites for hydroxylation is 1. The summed E-state index contributed by atoms with van der Waals surface area (Å²) in [5.74, 6) is 0. The van der Waals surface area contributed by atoms with Crippen LogP contribution in [0.1, 0.15) is 18.1 Å². The number of sulfone groups is 2. The minimum absolute atomic E-state index is 0.00335. The molecule has 0 fully saturated rings. The first-order valence-corrected chi connectivity index (χ1v) is 11.7. The number of hydrogen-bond donors (Lipinski definition) is 0. The predicted octanol–water partition coefficient (Wildman–Crippen LogP) is 2.83. The molecule has 5 nitrogen and oxygen atoms in total. The summed E-state index contributed by atoms with van der Waals surface area (Å²) < 4.78 is 48.1. The standard InChI is InChI=1S/C18H23NO4S2/c1-5-19(13-15-9-7-6-8-14(15)2)17-11-10-16(24(3,20)21)12-18(17)25(4,22)23/h6-12H,5,13H2,1-4H3. The SMILES string of the molecule is CCN(Cc1ccccc1C)c1ccc(S(C)(=O)=O)cc1S(C)(=O)=O. The highest BCUT2D eigenvalue weighted by Gasteiger charge is 2.21. The van der Waals surface area contributed by atoms with Gasteiger partial charge in [-0.05, 0) is 43.2 Å². The van der Waals surface area contributed by atoms with Crippen molar-refractivity contribution in [1.82, 2.24) is 0 Å². The van der Waals surface area contributed by atoms with E-state index in [1.807, 2.05) is 43.0 Å². The number of hydrogen-bond acceptors (Lipinski definition) is 5. The fraction of sp³-hybridized carbons (Fsp3) is 0.333. The van der Waals surface area contributed by atoms with Crippen LogP contribution in [0.4, 0.5) is 5.69 Å². The zero-order chi connectivity index (χ0) is 18.8. The van der Waals surface area contributed by atoms with E-state index in [0.717, 1.165) is 23.6 Å². The molecule has 25 heavy (non-hydrogen) atoms. The van der Waals surface area contributed by atoms with Gasteiger partial charge in [0.15, 0.2) is 19.7 Å². The van der Waals surface area contributed by atoms with Crippen LogP contribution in [0.5, 0.6) is 0 Å². The second kappa shape index (κ2) is 7.17. The molecule has 0 heterocycles. The van der Waals surface area contributed by atoms with Crippen LogP contribution in [0.2, 0.25) is 0 Å². The Morgan fingerprint density at radius 3 is 2.08 bits per heavy atom. The monoisotopic (exact) mass is 381 g/mol. The molecule has 0 saturated heterocycles. The van der Waals surface area contributed by atoms with E-state index in [1.54, 1.807) is 6.07 Å². The van der Waals surface area contributed by atoms with E-state index < -0.39 is 19.7 Å². The van der Waals surface area contributed by atoms with Gasteiger partial charge < -0.3 is 4.90 Å². The maximum absolute atomic E-state index is 12.3. The van der Waals surface area contributed by atoms with Gasteiger partial charge in [0.1, 0.15) is 0 Å². The number of anilines is 1. The smallest absolute Gasteiger partial charge is 0.177 e. The van der Waals surface area contributed by atoms with E-state index in [-0.39, 0.29) is 9.79 Å². The van der Waals surface area contributed by atoms with Crippen molar-refractivity contribution in [1.29, 1.82) is 0 Å². The second-order valence-corrected chi connectivity index (χ2v) is 10.1. The molecular weight excluding hydrogens is 358 g/mol. The molecule has 2 rings (SSSR count). The molecule has 2 aromatic carbocycles. The summed E-state index contributed by atoms with van der Waals surface area (Å²) in [6, 6.07) is 12.2. The molecule has 0 aromatic heterocycles. The second-order valence-electron chi connectivity index (χ2n) is 6.11. The lowest BCUT2D eigenvalue weighted by Crippen LogP contribution is -2.24. The van der Waals surface area contributed by atoms with Gasteiger partial charge >= 0.3 is 0 Å². The molecule has 2 aromatic rings. The Morgan fingerprint density at radius 1 is 0.920 bits per heavy atom. The molecule has 0 N–H and O–H groups in total. The molecule has 0 spiro atoms. The van der Waals surface area contributed by atoms with Crippen molar-refractivity contribution in [3.05, 3.63) is 53.6 Å². The van der Waals surface area contributed by atoms with Gasteiger partial charge in [-0.3, -0.25) is 0 Å². The molecule has 0 amide bonds. The average molecular weight is 382 g/mol. The molecule has 0 unspecified atom stereocenters. The summed E-state index contributed by atoms with van der Waals surface area (Å²) in [5, 5.41) is 0. The molecular formula is C18H23NO4S2. The van der Waals surface area contributed by atoms with Crippen molar-refractivity contribution in [3.8, 4) is 0 Å². The van der Waals surface area contributed by atoms with Crippen molar-refractivity contribution in [3.63, 3.8) is 0 Å². The quantitative estimate of drug-likeness (QED) is 0.769. The van der Waals surface area contributed by atoms with Crippen molar-refractivity contribution in [2.75, 3.05) is 24.0 Å². The Labute approximate surface area is 150 Å². The van der Waals surface area contributed by atoms with Crippen LogP contribution in [-0.2, 0) is 26.2 Å². The summed E-state index contributed by atoms with van der Waals surface area (Å²) in [6.45, 7) is 5.08. The minimum Gasteiger partial charge on any atom is -0.366 e. The third-order valence-corrected chi connectivity index (χ3v) is 6.34. The number of rotatable bonds is 6. The van der Waals surface area contributed by atoms with Crippen LogP contribution in [0.25, 0.3) is 0 Å². The van der Waals surface area contributed by atoms with Gasteiger partial charge in [0.05, 0.1) is 15.5 Å². The number of benzene rings is 2. The molecule has 7 heteroatoms. The lowest BCUT2D eigenvalue weighted by molar-refractivity contribution is 0.599. The largest absolute Gasteiger partial charge is 0.366 e. The van der Waals surface area contributed by atoms with Gasteiger partial charge in [-0.2, -0.15) is 0 Å². The topological polar surface area (TPSA) is 71.5 Å². The third kappa shape index (κ3) is 4.61. The van der Waals surface area contributed by atoms with Gasteiger partial charge in [-0.25, -0.2) is 16.8 Å². The highest BCUT2D eigenvalue weighted by atomic mass is 32.2. The van der Waals surface area contributed by atoms with Crippen molar-refractivity contribution < 1.29 is 16.8 Å². The first kappa shape index (κ1) is 19.5. The lowest BCUT2D eigenvalue weighted by Gasteiger charge is -2.26. The Morgan fingerprint density at radius 2 is 1.56 bits per heavy atom. The lowest BCUT2D eigenvalue weighted by atomic mass is 10.1. The minimum atomic E-state index is -3.58. The van der Waals surface area contributed by atoms with Gasteiger partial charge in [0.2, 0.25) is 0 Å². The Balaban J connectivity index is 2.57. The summed E-state index contributed by atoms with van der Waals surface area (Å²) in [6.07, 6.45) is 2.17. The Bertz CT molecular complexity index is 980. The van der Waals surface area contributed by atoms with Crippen LogP contribution in [0.3, 0.4) is 0 Å². The molecule has 0 aliphatic rings. The molecule has 136 valence electrons. The van der Waals surface area contributed by atoms with Crippen LogP contribution < -0.4 is 4.90 Å². The summed E-state index contributed by atoms with van der Waals surface area (Å²) in [5.41, 5.74) is 2.73. The van der Waals surface area contributed by atoms with Crippen LogP contribution in [0.15, 0.2) is 52.3 Å². The maximum Gasteiger partial charge on any atom is 0.177 e. The zero-order valence-corrected chi connectivity index (χ0v) is 16.5. The molecule has 0 radical (unpaired) electrons. The van der Waals surface area contributed by atoms with E-state index in [9.17, 15) is 16.8 Å². The summed E-state index contributed by atoms with van der Waals surface area (Å²) in [4.78, 5) is 1.97. The van der Waals surface area contributed by atoms with E-state index in [4.69, 9.17) is 0 Å². The van der Waals surface area contributed by atoms with Crippen LogP contribution in [-0.4, -0.2) is 35.9 Å². The third-order valence-electron chi connectivity index (χ3n) is 4.10. The van der Waals surface area contributed by atoms with Crippen molar-refractivity contribution in [2.45, 2.75) is 30.2 Å². The van der Waals surface area contributed by atoms with Gasteiger partial charge in [-0.15, -0.1) is 0 Å². The molecule has 0 aliphatic carbocycles. The summed E-state index contributed by atoms with van der Waals surface area (Å²) >= 11 is 0. The highest BCUT2D eigenvalue weighted by molar-refractivity contribution is 7.91. The normalized spacial score (nSPS) is 12.2. The van der Waals surface area contributed by atoms with Gasteiger partial charge in [0.25, 0.3) is 0 Å². The maximum atomic E-state index is 12.3. The van der Waals surface area contributed by atoms with Crippen molar-refractivity contribution in [2.24, 2.45) is 0 Å². The molecule has 0 aliphatic heterocycles. The fourth-order valence-electron chi connectivity index (χ4n) is 2.64. The highest BCUT2D eigenvalue weighted by Crippen LogP contribution is 2.29. The van der Waals surface area contributed by atoms with Gasteiger partial charge in [0, 0.05) is 25.6 Å². The molecule has 0 saturated carbocycles. The summed E-state index contributed by atoms with van der Waals surface area (Å²) in [7, 11) is -7.06. The van der Waals surface area contributed by atoms with E-state index >= 15 is 0 Å². The first-order valence-electron chi connectivity index (χ1n) is 7.87. The zero-order valence-electron chi connectivity index (χ0n) is 14.9. The predicted molar refractivity (Wildman–Crippen MR) is 101 cm³/mol.